The number of thiazole rings is 1. The number of hydrogen-bond donors (Lipinski definition) is 1. The van der Waals surface area contributed by atoms with Crippen LogP contribution < -0.4 is 4.90 Å². The van der Waals surface area contributed by atoms with Crippen molar-refractivity contribution in [1.82, 2.24) is 9.88 Å². The largest absolute Gasteiger partial charge is 0.486 e. The molecule has 0 aliphatic carbocycles. The molecule has 37 heavy (non-hydrogen) atoms. The fourth-order valence-corrected chi connectivity index (χ4v) is 6.34. The lowest BCUT2D eigenvalue weighted by Gasteiger charge is -2.49. The molecule has 1 aromatic heterocycles. The fraction of sp³-hybridized carbons (Fsp3) is 0.219. The molecule has 0 bridgehead atoms. The van der Waals surface area contributed by atoms with Crippen molar-refractivity contribution in [3.63, 3.8) is 0 Å². The minimum Gasteiger partial charge on any atom is -0.486 e. The van der Waals surface area contributed by atoms with Crippen LogP contribution in [0.3, 0.4) is 0 Å². The summed E-state index contributed by atoms with van der Waals surface area (Å²) in [5, 5.41) is 10.1. The summed E-state index contributed by atoms with van der Waals surface area (Å²) in [4.78, 5) is 9.63. The number of hydrogen-bond acceptors (Lipinski definition) is 5. The molecule has 5 aromatic rings. The molecule has 0 saturated carbocycles. The standard InChI is InChI=1S/C32H31N3OS/c36-32-33-28-22-27(16-17-31(28)37-32)35-19-18-34(23-26-14-8-3-9-15-26)29(20-24-10-4-1-5-11-24)30(35)21-25-12-6-2-7-13-25/h1-17,22,29-30H,18-21,23H2,(H,33,36). The van der Waals surface area contributed by atoms with Gasteiger partial charge in [-0.2, -0.15) is 0 Å². The van der Waals surface area contributed by atoms with Gasteiger partial charge in [-0.1, -0.05) is 102 Å². The van der Waals surface area contributed by atoms with Gasteiger partial charge in [-0.05, 0) is 47.7 Å². The van der Waals surface area contributed by atoms with Gasteiger partial charge in [0.1, 0.15) is 0 Å². The Balaban J connectivity index is 1.40. The Morgan fingerprint density at radius 3 is 1.95 bits per heavy atom. The lowest BCUT2D eigenvalue weighted by molar-refractivity contribution is 0.130. The van der Waals surface area contributed by atoms with E-state index in [-0.39, 0.29) is 11.2 Å². The first-order valence-corrected chi connectivity index (χ1v) is 13.8. The van der Waals surface area contributed by atoms with Crippen LogP contribution in [0.1, 0.15) is 16.7 Å². The van der Waals surface area contributed by atoms with E-state index in [1.54, 1.807) is 0 Å². The number of fused-ring (bicyclic) bond motifs is 1. The van der Waals surface area contributed by atoms with Crippen molar-refractivity contribution in [3.05, 3.63) is 126 Å². The highest BCUT2D eigenvalue weighted by molar-refractivity contribution is 7.20. The maximum absolute atomic E-state index is 9.97. The minimum atomic E-state index is 0.127. The minimum absolute atomic E-state index is 0.127. The Hall–Kier alpha value is -3.67. The molecule has 0 radical (unpaired) electrons. The summed E-state index contributed by atoms with van der Waals surface area (Å²) < 4.78 is 1.02. The molecule has 6 rings (SSSR count). The molecule has 2 unspecified atom stereocenters. The van der Waals surface area contributed by atoms with Crippen molar-refractivity contribution in [2.24, 2.45) is 0 Å². The first kappa shape index (κ1) is 23.7. The van der Waals surface area contributed by atoms with Crippen LogP contribution in [0.4, 0.5) is 5.69 Å². The van der Waals surface area contributed by atoms with Crippen molar-refractivity contribution < 1.29 is 5.11 Å². The summed E-state index contributed by atoms with van der Waals surface area (Å²) >= 11 is 1.33. The molecular weight excluding hydrogens is 474 g/mol. The maximum Gasteiger partial charge on any atom is 0.271 e. The van der Waals surface area contributed by atoms with E-state index in [0.717, 1.165) is 42.7 Å². The lowest BCUT2D eigenvalue weighted by atomic mass is 9.89. The van der Waals surface area contributed by atoms with Gasteiger partial charge < -0.3 is 10.0 Å². The summed E-state index contributed by atoms with van der Waals surface area (Å²) in [6, 6.07) is 39.7. The summed E-state index contributed by atoms with van der Waals surface area (Å²) in [6.07, 6.45) is 1.95. The van der Waals surface area contributed by atoms with E-state index in [1.165, 1.54) is 33.7 Å². The van der Waals surface area contributed by atoms with Crippen molar-refractivity contribution in [1.29, 1.82) is 0 Å². The molecule has 1 fully saturated rings. The van der Waals surface area contributed by atoms with Crippen LogP contribution >= 0.6 is 11.3 Å². The normalized spacial score (nSPS) is 18.3. The van der Waals surface area contributed by atoms with Crippen molar-refractivity contribution in [3.8, 4) is 5.19 Å². The van der Waals surface area contributed by atoms with Crippen LogP contribution in [-0.2, 0) is 19.4 Å². The third kappa shape index (κ3) is 5.38. The van der Waals surface area contributed by atoms with Crippen LogP contribution in [0.2, 0.25) is 0 Å². The monoisotopic (exact) mass is 505 g/mol. The highest BCUT2D eigenvalue weighted by Gasteiger charge is 2.37. The Labute approximate surface area is 222 Å². The lowest BCUT2D eigenvalue weighted by Crippen LogP contribution is -2.61. The number of rotatable bonds is 7. The molecule has 1 saturated heterocycles. The van der Waals surface area contributed by atoms with Crippen molar-refractivity contribution >= 4 is 27.2 Å². The molecule has 1 aliphatic heterocycles. The first-order valence-electron chi connectivity index (χ1n) is 12.9. The summed E-state index contributed by atoms with van der Waals surface area (Å²) in [5.74, 6) is 0. The molecule has 1 aliphatic rings. The fourth-order valence-electron chi connectivity index (χ4n) is 5.66. The van der Waals surface area contributed by atoms with Gasteiger partial charge in [0.25, 0.3) is 5.19 Å². The topological polar surface area (TPSA) is 39.6 Å². The van der Waals surface area contributed by atoms with Gasteiger partial charge in [-0.3, -0.25) is 4.90 Å². The molecular formula is C32H31N3OS. The number of benzene rings is 4. The average Bonchev–Trinajstić information content (AvgIpc) is 3.31. The van der Waals surface area contributed by atoms with Gasteiger partial charge >= 0.3 is 0 Å². The van der Waals surface area contributed by atoms with E-state index in [4.69, 9.17) is 0 Å². The van der Waals surface area contributed by atoms with Crippen LogP contribution in [-0.4, -0.2) is 40.2 Å². The Morgan fingerprint density at radius 2 is 1.30 bits per heavy atom. The molecule has 4 nitrogen and oxygen atoms in total. The zero-order chi connectivity index (χ0) is 25.0. The third-order valence-electron chi connectivity index (χ3n) is 7.44. The van der Waals surface area contributed by atoms with Crippen molar-refractivity contribution in [2.75, 3.05) is 18.0 Å². The van der Waals surface area contributed by atoms with E-state index >= 15 is 0 Å². The molecule has 5 heteroatoms. The van der Waals surface area contributed by atoms with E-state index in [9.17, 15) is 5.11 Å². The predicted octanol–water partition coefficient (Wildman–Crippen LogP) is 6.55. The van der Waals surface area contributed by atoms with Gasteiger partial charge in [0.15, 0.2) is 0 Å². The Kier molecular flexibility index (Phi) is 6.89. The molecule has 1 N–H and O–H groups in total. The SMILES string of the molecule is Oc1nc2cc(N3CCN(Cc4ccccc4)C(Cc4ccccc4)C3Cc3ccccc3)ccc2s1. The van der Waals surface area contributed by atoms with Crippen LogP contribution in [0.5, 0.6) is 5.19 Å². The predicted molar refractivity (Wildman–Crippen MR) is 153 cm³/mol. The zero-order valence-electron chi connectivity index (χ0n) is 20.8. The second kappa shape index (κ2) is 10.8. The molecule has 2 heterocycles. The molecule has 0 amide bonds. The maximum atomic E-state index is 9.97. The van der Waals surface area contributed by atoms with Crippen LogP contribution in [0, 0.1) is 0 Å². The van der Waals surface area contributed by atoms with E-state index in [0.29, 0.717) is 6.04 Å². The number of piperazine rings is 1. The summed E-state index contributed by atoms with van der Waals surface area (Å²) in [7, 11) is 0. The third-order valence-corrected chi connectivity index (χ3v) is 8.28. The molecule has 186 valence electrons. The van der Waals surface area contributed by atoms with Gasteiger partial charge in [0, 0.05) is 37.4 Å². The van der Waals surface area contributed by atoms with E-state index in [1.807, 2.05) is 0 Å². The smallest absolute Gasteiger partial charge is 0.271 e. The van der Waals surface area contributed by atoms with Crippen LogP contribution in [0.15, 0.2) is 109 Å². The van der Waals surface area contributed by atoms with Gasteiger partial charge in [-0.15, -0.1) is 0 Å². The van der Waals surface area contributed by atoms with E-state index in [2.05, 4.69) is 124 Å². The number of anilines is 1. The number of aromatic nitrogens is 1. The quantitative estimate of drug-likeness (QED) is 0.272. The van der Waals surface area contributed by atoms with Crippen LogP contribution in [0.25, 0.3) is 10.2 Å². The van der Waals surface area contributed by atoms with E-state index < -0.39 is 0 Å². The Morgan fingerprint density at radius 1 is 0.703 bits per heavy atom. The Bertz CT molecular complexity index is 1440. The van der Waals surface area contributed by atoms with Gasteiger partial charge in [0.05, 0.1) is 10.2 Å². The molecule has 2 atom stereocenters. The van der Waals surface area contributed by atoms with Crippen molar-refractivity contribution in [2.45, 2.75) is 31.5 Å². The zero-order valence-corrected chi connectivity index (χ0v) is 21.6. The highest BCUT2D eigenvalue weighted by atomic mass is 32.1. The molecule has 4 aromatic carbocycles. The second-order valence-corrected chi connectivity index (χ2v) is 10.8. The summed E-state index contributed by atoms with van der Waals surface area (Å²) in [6.45, 7) is 2.87. The first-order chi connectivity index (χ1) is 18.2. The second-order valence-electron chi connectivity index (χ2n) is 9.81. The number of nitrogens with zero attached hydrogens (tertiary/aromatic N) is 3. The summed E-state index contributed by atoms with van der Waals surface area (Å²) in [5.41, 5.74) is 6.11. The van der Waals surface area contributed by atoms with Gasteiger partial charge in [0.2, 0.25) is 0 Å². The highest BCUT2D eigenvalue weighted by Crippen LogP contribution is 2.34. The van der Waals surface area contributed by atoms with Gasteiger partial charge in [-0.25, -0.2) is 4.98 Å². The average molecular weight is 506 g/mol. The number of aromatic hydroxyl groups is 1. The molecule has 0 spiro atoms.